The Morgan fingerprint density at radius 2 is 2.20 bits per heavy atom. The second-order valence-corrected chi connectivity index (χ2v) is 4.03. The third-order valence-electron chi connectivity index (χ3n) is 1.75. The molecular weight excluding hydrogens is 315 g/mol. The zero-order valence-corrected chi connectivity index (χ0v) is 9.87. The predicted molar refractivity (Wildman–Crippen MR) is 59.7 cm³/mol. The number of benzene rings is 1. The summed E-state index contributed by atoms with van der Waals surface area (Å²) < 4.78 is 29.3. The first kappa shape index (κ1) is 12.2. The van der Waals surface area contributed by atoms with E-state index in [1.165, 1.54) is 0 Å². The molecule has 0 unspecified atom stereocenters. The lowest BCUT2D eigenvalue weighted by molar-refractivity contribution is -0.0504. The molecule has 0 spiro atoms. The maximum atomic E-state index is 12.1. The second kappa shape index (κ2) is 5.85. The smallest absolute Gasteiger partial charge is 0.387 e. The molecule has 15 heavy (non-hydrogen) atoms. The zero-order valence-electron chi connectivity index (χ0n) is 7.71. The van der Waals surface area contributed by atoms with Crippen LogP contribution in [-0.2, 0) is 6.42 Å². The molecule has 0 fully saturated rings. The minimum absolute atomic E-state index is 0.159. The third-order valence-corrected chi connectivity index (χ3v) is 2.42. The summed E-state index contributed by atoms with van der Waals surface area (Å²) in [6, 6.07) is 7.01. The van der Waals surface area contributed by atoms with E-state index in [9.17, 15) is 8.78 Å². The Balaban J connectivity index is 2.88. The van der Waals surface area contributed by atoms with Crippen LogP contribution in [0.3, 0.4) is 0 Å². The van der Waals surface area contributed by atoms with Crippen LogP contribution in [0.25, 0.3) is 0 Å². The summed E-state index contributed by atoms with van der Waals surface area (Å²) in [7, 11) is 0. The standard InChI is InChI=1S/C10H8F2INO/c11-10(12)15-9-6-8(13)4-3-7(9)2-1-5-14/h3-4,6,10H,1-2H2. The predicted octanol–water partition coefficient (Wildman–Crippen LogP) is 3.35. The van der Waals surface area contributed by atoms with Crippen LogP contribution in [0.2, 0.25) is 0 Å². The molecule has 0 atom stereocenters. The van der Waals surface area contributed by atoms with E-state index in [-0.39, 0.29) is 5.75 Å². The summed E-state index contributed by atoms with van der Waals surface area (Å²) in [5.41, 5.74) is 0.636. The first-order chi connectivity index (χ1) is 7.13. The van der Waals surface area contributed by atoms with Gasteiger partial charge in [-0.15, -0.1) is 0 Å². The first-order valence-corrected chi connectivity index (χ1v) is 5.31. The molecular formula is C10H8F2INO. The lowest BCUT2D eigenvalue weighted by Crippen LogP contribution is -2.04. The highest BCUT2D eigenvalue weighted by molar-refractivity contribution is 14.1. The molecule has 0 amide bonds. The number of nitrogens with zero attached hydrogens (tertiary/aromatic N) is 1. The van der Waals surface area contributed by atoms with E-state index in [2.05, 4.69) is 4.74 Å². The first-order valence-electron chi connectivity index (χ1n) is 4.23. The fraction of sp³-hybridized carbons (Fsp3) is 0.300. The normalized spacial score (nSPS) is 10.1. The summed E-state index contributed by atoms with van der Waals surface area (Å²) in [6.45, 7) is -2.83. The van der Waals surface area contributed by atoms with E-state index in [0.29, 0.717) is 18.4 Å². The van der Waals surface area contributed by atoms with Gasteiger partial charge in [0.1, 0.15) is 5.75 Å². The van der Waals surface area contributed by atoms with Crippen LogP contribution in [0.5, 0.6) is 5.75 Å². The van der Waals surface area contributed by atoms with Crippen LogP contribution < -0.4 is 4.74 Å². The lowest BCUT2D eigenvalue weighted by atomic mass is 10.1. The molecule has 0 aromatic heterocycles. The highest BCUT2D eigenvalue weighted by Crippen LogP contribution is 2.24. The summed E-state index contributed by atoms with van der Waals surface area (Å²) in [5, 5.41) is 8.41. The molecule has 0 radical (unpaired) electrons. The van der Waals surface area contributed by atoms with Gasteiger partial charge in [-0.3, -0.25) is 0 Å². The zero-order chi connectivity index (χ0) is 11.3. The third kappa shape index (κ3) is 4.00. The molecule has 0 heterocycles. The number of halogens is 3. The lowest BCUT2D eigenvalue weighted by Gasteiger charge is -2.09. The van der Waals surface area contributed by atoms with E-state index in [1.54, 1.807) is 18.2 Å². The second-order valence-electron chi connectivity index (χ2n) is 2.79. The molecule has 1 aromatic carbocycles. The highest BCUT2D eigenvalue weighted by atomic mass is 127. The van der Waals surface area contributed by atoms with Crippen molar-refractivity contribution < 1.29 is 13.5 Å². The van der Waals surface area contributed by atoms with Gasteiger partial charge in [0.05, 0.1) is 6.07 Å². The summed E-state index contributed by atoms with van der Waals surface area (Å²) in [6.07, 6.45) is 0.718. The number of nitriles is 1. The number of rotatable bonds is 4. The molecule has 1 rings (SSSR count). The van der Waals surface area contributed by atoms with Crippen LogP contribution in [0.15, 0.2) is 18.2 Å². The van der Waals surface area contributed by atoms with Gasteiger partial charge < -0.3 is 4.74 Å². The van der Waals surface area contributed by atoms with Gasteiger partial charge in [0.25, 0.3) is 0 Å². The number of hydrogen-bond acceptors (Lipinski definition) is 2. The quantitative estimate of drug-likeness (QED) is 0.796. The van der Waals surface area contributed by atoms with Gasteiger partial charge >= 0.3 is 6.61 Å². The van der Waals surface area contributed by atoms with Crippen molar-refractivity contribution in [3.63, 3.8) is 0 Å². The number of ether oxygens (including phenoxy) is 1. The molecule has 2 nitrogen and oxygen atoms in total. The van der Waals surface area contributed by atoms with E-state index < -0.39 is 6.61 Å². The van der Waals surface area contributed by atoms with E-state index in [1.807, 2.05) is 28.7 Å². The van der Waals surface area contributed by atoms with Crippen molar-refractivity contribution in [3.05, 3.63) is 27.3 Å². The van der Waals surface area contributed by atoms with Crippen LogP contribution >= 0.6 is 22.6 Å². The van der Waals surface area contributed by atoms with Crippen LogP contribution in [0.4, 0.5) is 8.78 Å². The van der Waals surface area contributed by atoms with Gasteiger partial charge in [0, 0.05) is 9.99 Å². The van der Waals surface area contributed by atoms with Crippen LogP contribution in [0.1, 0.15) is 12.0 Å². The van der Waals surface area contributed by atoms with Crippen LogP contribution in [0, 0.1) is 14.9 Å². The molecule has 0 aliphatic carbocycles. The van der Waals surface area contributed by atoms with Gasteiger partial charge in [0.2, 0.25) is 0 Å². The highest BCUT2D eigenvalue weighted by Gasteiger charge is 2.09. The summed E-state index contributed by atoms with van der Waals surface area (Å²) in [4.78, 5) is 0. The van der Waals surface area contributed by atoms with Gasteiger partial charge in [-0.25, -0.2) is 0 Å². The Labute approximate surface area is 100.0 Å². The van der Waals surface area contributed by atoms with Crippen LogP contribution in [-0.4, -0.2) is 6.61 Å². The van der Waals surface area contributed by atoms with Crippen molar-refractivity contribution >= 4 is 22.6 Å². The molecule has 5 heteroatoms. The minimum Gasteiger partial charge on any atom is -0.435 e. The maximum Gasteiger partial charge on any atom is 0.387 e. The molecule has 0 saturated carbocycles. The number of aryl methyl sites for hydroxylation is 1. The van der Waals surface area contributed by atoms with Gasteiger partial charge in [-0.1, -0.05) is 6.07 Å². The van der Waals surface area contributed by atoms with Gasteiger partial charge in [0.15, 0.2) is 0 Å². The van der Waals surface area contributed by atoms with Crippen molar-refractivity contribution in [1.29, 1.82) is 5.26 Å². The maximum absolute atomic E-state index is 12.1. The Morgan fingerprint density at radius 3 is 2.80 bits per heavy atom. The topological polar surface area (TPSA) is 33.0 Å². The molecule has 1 aromatic rings. The van der Waals surface area contributed by atoms with Crippen molar-refractivity contribution in [1.82, 2.24) is 0 Å². The van der Waals surface area contributed by atoms with E-state index >= 15 is 0 Å². The fourth-order valence-corrected chi connectivity index (χ4v) is 1.59. The molecule has 0 N–H and O–H groups in total. The minimum atomic E-state index is -2.83. The average Bonchev–Trinajstić information content (AvgIpc) is 2.16. The molecule has 0 aliphatic rings. The number of alkyl halides is 2. The summed E-state index contributed by atoms with van der Waals surface area (Å²) in [5.74, 6) is 0.159. The monoisotopic (exact) mass is 323 g/mol. The molecule has 0 aliphatic heterocycles. The van der Waals surface area contributed by atoms with Crippen molar-refractivity contribution in [2.75, 3.05) is 0 Å². The van der Waals surface area contributed by atoms with Crippen molar-refractivity contribution in [2.24, 2.45) is 0 Å². The Kier molecular flexibility index (Phi) is 4.75. The number of hydrogen-bond donors (Lipinski definition) is 0. The van der Waals surface area contributed by atoms with Crippen molar-refractivity contribution in [3.8, 4) is 11.8 Å². The largest absolute Gasteiger partial charge is 0.435 e. The average molecular weight is 323 g/mol. The van der Waals surface area contributed by atoms with E-state index in [0.717, 1.165) is 3.57 Å². The van der Waals surface area contributed by atoms with Gasteiger partial charge in [-0.2, -0.15) is 14.0 Å². The Morgan fingerprint density at radius 1 is 1.47 bits per heavy atom. The van der Waals surface area contributed by atoms with Gasteiger partial charge in [-0.05, 0) is 46.7 Å². The Bertz CT molecular complexity index is 376. The molecule has 0 bridgehead atoms. The molecule has 80 valence electrons. The summed E-state index contributed by atoms with van der Waals surface area (Å²) >= 11 is 2.02. The SMILES string of the molecule is N#CCCc1ccc(I)cc1OC(F)F. The van der Waals surface area contributed by atoms with E-state index in [4.69, 9.17) is 5.26 Å². The van der Waals surface area contributed by atoms with Crippen molar-refractivity contribution in [2.45, 2.75) is 19.5 Å². The Hall–Kier alpha value is -0.900. The fourth-order valence-electron chi connectivity index (χ4n) is 1.13. The molecule has 0 saturated heterocycles.